The van der Waals surface area contributed by atoms with E-state index < -0.39 is 63.4 Å². The first-order valence-electron chi connectivity index (χ1n) is 10.4. The van der Waals surface area contributed by atoms with Crippen molar-refractivity contribution in [3.63, 3.8) is 0 Å². The summed E-state index contributed by atoms with van der Waals surface area (Å²) in [5.41, 5.74) is 6.46. The summed E-state index contributed by atoms with van der Waals surface area (Å²) >= 11 is 0. The first-order chi connectivity index (χ1) is 16.5. The van der Waals surface area contributed by atoms with Gasteiger partial charge in [-0.1, -0.05) is 0 Å². The van der Waals surface area contributed by atoms with Crippen molar-refractivity contribution in [3.05, 3.63) is 12.7 Å². The third kappa shape index (κ3) is 6.11. The molecule has 0 aromatic carbocycles. The van der Waals surface area contributed by atoms with Crippen LogP contribution in [0.25, 0.3) is 11.2 Å². The van der Waals surface area contributed by atoms with Gasteiger partial charge < -0.3 is 51.3 Å². The molecule has 1 unspecified atom stereocenters. The van der Waals surface area contributed by atoms with Gasteiger partial charge in [0.1, 0.15) is 48.5 Å². The highest BCUT2D eigenvalue weighted by Gasteiger charge is 2.52. The molecule has 2 aromatic rings. The number of hydrogen-bond donors (Lipinski definition) is 9. The number of likely N-dealkylation sites (N-methyl/N-ethyl adjacent to an activating group) is 1. The lowest BCUT2D eigenvalue weighted by Crippen LogP contribution is -2.48. The number of imidazole rings is 1. The van der Waals surface area contributed by atoms with E-state index in [0.717, 1.165) is 0 Å². The second-order valence-corrected chi connectivity index (χ2v) is 9.24. The standard InChI is InChI=1S/C10H12N5O6P.C7H17NO5/c11-8-5-9(13-2-12-8)15(3-14-5)10-6(16)7-4(20-10)1-19-22(17,18)21-7;1-8-2-4(10)6(12)7(13)5(11)3-9/h2-4,6-7,10,16H,1H2,(H,17,18)(H2,11,12,13);4-13H,2-3H2,1H3/t4-,6-,7-,10-;4-,5+,6+,7+/m10/s1. The molecule has 2 aliphatic rings. The number of nitrogens with two attached hydrogens (primary N) is 1. The molecule has 0 radical (unpaired) electrons. The largest absolute Gasteiger partial charge is 0.472 e. The first kappa shape index (κ1) is 27.7. The molecule has 0 saturated carbocycles. The maximum atomic E-state index is 11.5. The smallest absolute Gasteiger partial charge is 0.394 e. The topological polar surface area (TPSA) is 268 Å². The van der Waals surface area contributed by atoms with Crippen LogP contribution in [0.1, 0.15) is 6.23 Å². The van der Waals surface area contributed by atoms with Gasteiger partial charge in [-0.25, -0.2) is 19.5 Å². The van der Waals surface area contributed by atoms with Crippen LogP contribution in [0.5, 0.6) is 0 Å². The van der Waals surface area contributed by atoms with Gasteiger partial charge in [-0.15, -0.1) is 0 Å². The molecule has 4 heterocycles. The van der Waals surface area contributed by atoms with E-state index in [1.165, 1.54) is 17.2 Å². The van der Waals surface area contributed by atoms with E-state index in [1.54, 1.807) is 7.05 Å². The van der Waals surface area contributed by atoms with Gasteiger partial charge in [0.25, 0.3) is 0 Å². The summed E-state index contributed by atoms with van der Waals surface area (Å²) in [7, 11) is -2.59. The zero-order valence-electron chi connectivity index (χ0n) is 18.5. The van der Waals surface area contributed by atoms with Crippen molar-refractivity contribution >= 4 is 24.8 Å². The lowest BCUT2D eigenvalue weighted by molar-refractivity contribution is -0.113. The highest BCUT2D eigenvalue weighted by Crippen LogP contribution is 2.52. The third-order valence-corrected chi connectivity index (χ3v) is 6.35. The highest BCUT2D eigenvalue weighted by molar-refractivity contribution is 7.47. The van der Waals surface area contributed by atoms with Crippen LogP contribution in [0.15, 0.2) is 12.7 Å². The van der Waals surface area contributed by atoms with Crippen LogP contribution >= 0.6 is 7.82 Å². The number of rotatable bonds is 7. The van der Waals surface area contributed by atoms with Crippen molar-refractivity contribution in [1.29, 1.82) is 0 Å². The molecule has 2 fully saturated rings. The van der Waals surface area contributed by atoms with Gasteiger partial charge >= 0.3 is 7.82 Å². The molecule has 0 aliphatic carbocycles. The van der Waals surface area contributed by atoms with Crippen LogP contribution in [0.3, 0.4) is 0 Å². The number of aromatic nitrogens is 4. The van der Waals surface area contributed by atoms with Crippen LogP contribution in [0, 0.1) is 0 Å². The predicted molar refractivity (Wildman–Crippen MR) is 115 cm³/mol. The minimum Gasteiger partial charge on any atom is -0.394 e. The number of nitrogens with zero attached hydrogens (tertiary/aromatic N) is 4. The Kier molecular flexibility index (Phi) is 9.08. The molecule has 2 aromatic heterocycles. The first-order valence-corrected chi connectivity index (χ1v) is 11.9. The van der Waals surface area contributed by atoms with E-state index in [4.69, 9.17) is 35.4 Å². The molecule has 4 rings (SSSR count). The fourth-order valence-electron chi connectivity index (χ4n) is 3.51. The van der Waals surface area contributed by atoms with E-state index in [0.29, 0.717) is 11.2 Å². The molecule has 2 aliphatic heterocycles. The Morgan fingerprint density at radius 1 is 1.23 bits per heavy atom. The number of phosphoric ester groups is 1. The average molecular weight is 524 g/mol. The average Bonchev–Trinajstić information content (AvgIpc) is 3.39. The predicted octanol–water partition coefficient (Wildman–Crippen LogP) is -4.18. The summed E-state index contributed by atoms with van der Waals surface area (Å²) in [6, 6.07) is 0. The fourth-order valence-corrected chi connectivity index (χ4v) is 4.48. The molecule has 17 nitrogen and oxygen atoms in total. The second-order valence-electron chi connectivity index (χ2n) is 7.83. The molecule has 35 heavy (non-hydrogen) atoms. The number of ether oxygens (including phenoxy) is 1. The zero-order valence-corrected chi connectivity index (χ0v) is 19.4. The van der Waals surface area contributed by atoms with Crippen LogP contribution < -0.4 is 11.1 Å². The Morgan fingerprint density at radius 2 is 1.91 bits per heavy atom. The van der Waals surface area contributed by atoms with E-state index >= 15 is 0 Å². The van der Waals surface area contributed by atoms with Crippen molar-refractivity contribution in [3.8, 4) is 0 Å². The summed E-state index contributed by atoms with van der Waals surface area (Å²) in [6.45, 7) is -0.726. The maximum Gasteiger partial charge on any atom is 0.472 e. The van der Waals surface area contributed by atoms with Crippen molar-refractivity contribution < 1.29 is 53.9 Å². The molecule has 9 atom stereocenters. The molecular formula is C17H29N6O11P. The SMILES string of the molecule is CNC[C@H](O)[C@@H](O)[C@H](O)[C@H](O)CO.Nc1ncnc2c1ncn2[C@@H]1O[C@@H]2COP(=O)(O)O[C@H]2[C@H]1O. The Labute approximate surface area is 198 Å². The Balaban J connectivity index is 0.000000228. The maximum absolute atomic E-state index is 11.5. The Morgan fingerprint density at radius 3 is 2.57 bits per heavy atom. The fraction of sp³-hybridized carbons (Fsp3) is 0.706. The number of hydrogen-bond acceptors (Lipinski definition) is 15. The van der Waals surface area contributed by atoms with E-state index in [2.05, 4.69) is 24.8 Å². The summed E-state index contributed by atoms with van der Waals surface area (Å²) < 4.78 is 28.2. The summed E-state index contributed by atoms with van der Waals surface area (Å²) in [4.78, 5) is 21.3. The Hall–Kier alpha value is -1.86. The van der Waals surface area contributed by atoms with E-state index in [-0.39, 0.29) is 19.0 Å². The third-order valence-electron chi connectivity index (χ3n) is 5.37. The van der Waals surface area contributed by atoms with Crippen molar-refractivity contribution in [1.82, 2.24) is 24.8 Å². The molecule has 0 bridgehead atoms. The van der Waals surface area contributed by atoms with E-state index in [9.17, 15) is 19.7 Å². The highest BCUT2D eigenvalue weighted by atomic mass is 31.2. The quantitative estimate of drug-likeness (QED) is 0.155. The molecule has 18 heteroatoms. The summed E-state index contributed by atoms with van der Waals surface area (Å²) in [6.07, 6.45) is -6.71. The van der Waals surface area contributed by atoms with Gasteiger partial charge in [0, 0.05) is 6.54 Å². The van der Waals surface area contributed by atoms with Gasteiger partial charge in [-0.2, -0.15) is 0 Å². The lowest BCUT2D eigenvalue weighted by Gasteiger charge is -2.27. The summed E-state index contributed by atoms with van der Waals surface area (Å²) in [5.74, 6) is 0.202. The lowest BCUT2D eigenvalue weighted by atomic mass is 10.0. The van der Waals surface area contributed by atoms with Crippen molar-refractivity contribution in [2.45, 2.75) is 49.0 Å². The monoisotopic (exact) mass is 524 g/mol. The van der Waals surface area contributed by atoms with Gasteiger partial charge in [0.2, 0.25) is 0 Å². The number of nitrogen functional groups attached to an aromatic ring is 1. The number of anilines is 1. The van der Waals surface area contributed by atoms with Crippen LogP contribution in [0.2, 0.25) is 0 Å². The number of fused-ring (bicyclic) bond motifs is 2. The minimum atomic E-state index is -4.16. The van der Waals surface area contributed by atoms with Crippen LogP contribution in [0.4, 0.5) is 5.82 Å². The Bertz CT molecular complexity index is 1030. The number of nitrogens with one attached hydrogen (secondary N) is 1. The molecule has 198 valence electrons. The summed E-state index contributed by atoms with van der Waals surface area (Å²) in [5, 5.41) is 57.8. The molecule has 2 saturated heterocycles. The molecular weight excluding hydrogens is 495 g/mol. The van der Waals surface area contributed by atoms with Gasteiger partial charge in [0.05, 0.1) is 25.6 Å². The van der Waals surface area contributed by atoms with Crippen molar-refractivity contribution in [2.24, 2.45) is 0 Å². The van der Waals surface area contributed by atoms with Crippen LogP contribution in [-0.4, -0.2) is 125 Å². The second kappa shape index (κ2) is 11.5. The van der Waals surface area contributed by atoms with E-state index in [1.807, 2.05) is 0 Å². The number of phosphoric acid groups is 1. The molecule has 10 N–H and O–H groups in total. The minimum absolute atomic E-state index is 0.0936. The van der Waals surface area contributed by atoms with Crippen LogP contribution in [-0.2, 0) is 18.3 Å². The zero-order chi connectivity index (χ0) is 25.9. The molecule has 0 spiro atoms. The number of aliphatic hydroxyl groups is 6. The van der Waals surface area contributed by atoms with Gasteiger partial charge in [-0.05, 0) is 7.05 Å². The van der Waals surface area contributed by atoms with Gasteiger partial charge in [-0.3, -0.25) is 13.6 Å². The normalized spacial score (nSPS) is 31.8. The van der Waals surface area contributed by atoms with Crippen molar-refractivity contribution in [2.75, 3.05) is 32.5 Å². The molecule has 0 amide bonds. The van der Waals surface area contributed by atoms with Gasteiger partial charge in [0.15, 0.2) is 17.7 Å². The number of aliphatic hydroxyl groups excluding tert-OH is 6.